The van der Waals surface area contributed by atoms with Crippen LogP contribution in [-0.4, -0.2) is 116 Å². The number of amides is 5. The molecule has 4 atom stereocenters. The summed E-state index contributed by atoms with van der Waals surface area (Å²) in [5, 5.41) is 29.0. The van der Waals surface area contributed by atoms with Gasteiger partial charge in [0.25, 0.3) is 11.8 Å². The van der Waals surface area contributed by atoms with Crippen LogP contribution in [0.15, 0.2) is 60.7 Å². The number of unbranched alkanes of at least 4 members (excludes halogenated alkanes) is 1. The summed E-state index contributed by atoms with van der Waals surface area (Å²) in [6.45, 7) is 6.66. The average molecular weight is 956 g/mol. The molecule has 2 fully saturated rings. The number of ether oxygens (including phenoxy) is 4. The number of aromatic hydroxyl groups is 1. The molecule has 67 heavy (non-hydrogen) atoms. The van der Waals surface area contributed by atoms with Crippen molar-refractivity contribution in [1.82, 2.24) is 25.8 Å². The predicted molar refractivity (Wildman–Crippen MR) is 228 cm³/mol. The Morgan fingerprint density at radius 3 is 1.87 bits per heavy atom. The first-order valence-corrected chi connectivity index (χ1v) is 21.1. The normalized spacial score (nSPS) is 16.9. The SMILES string of the molecule is CC(=O)Oc1cccc(C(=O)NCCCCN(CC(=O)N[C@@H](C(=O)N[C@@H]2C(=O)N3[C@@H]2SC(C)(C)[C@@H]3C(=O)[O-])c2ccc(O)cc2)C(=O)c2cccc(OC(C)=O)c2OC(C)=O)c1OC(C)=O.[Na+]. The first-order valence-electron chi connectivity index (χ1n) is 20.3. The Morgan fingerprint density at radius 1 is 0.791 bits per heavy atom. The number of phenolic OH excluding ortho intramolecular Hbond substituents is 1. The second-order valence-corrected chi connectivity index (χ2v) is 17.3. The standard InChI is InChI=1S/C44H47N5O16S.Na/c1-22(50)62-30-13-9-11-28(35(30)64-24(3)52)38(56)45-19-7-8-20-48(40(58)29-12-10-14-31(63-23(2)51)36(29)65-25(4)53)21-32(55)46-33(26-15-17-27(54)18-16-26)39(57)47-34-41(59)49-37(43(60)61)44(5,6)66-42(34)49;/h9-18,33-34,37,42,54H,7-8,19-21H2,1-6H3,(H,45,56)(H,46,55)(H,47,57)(H,60,61);/q;+1/p-1/t33-,34-,37+,42-;/m1./s1. The fourth-order valence-electron chi connectivity index (χ4n) is 7.20. The molecular formula is C44H46N5NaO16S. The van der Waals surface area contributed by atoms with Crippen LogP contribution in [-0.2, 0) is 38.4 Å². The molecule has 21 nitrogen and oxygen atoms in total. The van der Waals surface area contributed by atoms with Crippen molar-refractivity contribution in [2.45, 2.75) is 82.6 Å². The molecule has 0 radical (unpaired) electrons. The molecule has 2 saturated heterocycles. The second kappa shape index (κ2) is 22.8. The number of nitrogens with one attached hydrogen (secondary N) is 3. The Hall–Kier alpha value is -6.49. The summed E-state index contributed by atoms with van der Waals surface area (Å²) in [7, 11) is 0. The molecule has 5 rings (SSSR count). The fourth-order valence-corrected chi connectivity index (χ4v) is 8.83. The van der Waals surface area contributed by atoms with Gasteiger partial charge >= 0.3 is 53.4 Å². The van der Waals surface area contributed by atoms with Crippen LogP contribution in [0.25, 0.3) is 0 Å². The van der Waals surface area contributed by atoms with Crippen LogP contribution in [0, 0.1) is 0 Å². The van der Waals surface area contributed by atoms with Crippen molar-refractivity contribution >= 4 is 71.1 Å². The zero-order chi connectivity index (χ0) is 48.6. The number of benzene rings is 3. The van der Waals surface area contributed by atoms with Crippen molar-refractivity contribution in [2.75, 3.05) is 19.6 Å². The van der Waals surface area contributed by atoms with Gasteiger partial charge in [-0.15, -0.1) is 11.8 Å². The first kappa shape index (κ1) is 53.1. The van der Waals surface area contributed by atoms with Gasteiger partial charge in [0.05, 0.1) is 29.7 Å². The van der Waals surface area contributed by atoms with Gasteiger partial charge in [-0.25, -0.2) is 0 Å². The molecular weight excluding hydrogens is 910 g/mol. The second-order valence-electron chi connectivity index (χ2n) is 15.5. The van der Waals surface area contributed by atoms with E-state index in [4.69, 9.17) is 18.9 Å². The van der Waals surface area contributed by atoms with Gasteiger partial charge in [0, 0.05) is 45.5 Å². The number of hydrogen-bond acceptors (Lipinski definition) is 17. The van der Waals surface area contributed by atoms with E-state index in [1.165, 1.54) is 60.7 Å². The molecule has 0 aliphatic carbocycles. The number of rotatable bonds is 18. The van der Waals surface area contributed by atoms with Crippen LogP contribution < -0.4 is 69.6 Å². The van der Waals surface area contributed by atoms with E-state index in [0.717, 1.165) is 49.3 Å². The summed E-state index contributed by atoms with van der Waals surface area (Å²) >= 11 is 1.15. The number of thioether (sulfide) groups is 1. The fraction of sp³-hybridized carbons (Fsp3) is 0.364. The number of carboxylic acids is 1. The number of carbonyl (C=O) groups is 10. The number of carbonyl (C=O) groups excluding carboxylic acids is 10. The first-order chi connectivity index (χ1) is 31.1. The van der Waals surface area contributed by atoms with Crippen LogP contribution in [0.5, 0.6) is 28.7 Å². The van der Waals surface area contributed by atoms with Gasteiger partial charge < -0.3 is 59.7 Å². The van der Waals surface area contributed by atoms with Crippen LogP contribution in [0.3, 0.4) is 0 Å². The number of esters is 4. The van der Waals surface area contributed by atoms with Crippen molar-refractivity contribution in [3.63, 3.8) is 0 Å². The quantitative estimate of drug-likeness (QED) is 0.0349. The molecule has 3 aromatic rings. The molecule has 4 N–H and O–H groups in total. The molecule has 0 bridgehead atoms. The van der Waals surface area contributed by atoms with E-state index in [-0.39, 0.29) is 95.2 Å². The molecule has 5 amide bonds. The van der Waals surface area contributed by atoms with Gasteiger partial charge in [-0.05, 0) is 68.7 Å². The minimum atomic E-state index is -1.52. The van der Waals surface area contributed by atoms with Crippen LogP contribution in [0.1, 0.15) is 86.7 Å². The van der Waals surface area contributed by atoms with E-state index >= 15 is 0 Å². The predicted octanol–water partition coefficient (Wildman–Crippen LogP) is -2.10. The molecule has 3 aromatic carbocycles. The number of carboxylic acid groups (broad SMARTS) is 1. The monoisotopic (exact) mass is 955 g/mol. The Bertz CT molecular complexity index is 2470. The minimum Gasteiger partial charge on any atom is -0.548 e. The summed E-state index contributed by atoms with van der Waals surface area (Å²) in [5.74, 6) is -10.00. The van der Waals surface area contributed by atoms with E-state index < -0.39 is 99.9 Å². The van der Waals surface area contributed by atoms with Gasteiger partial charge in [-0.3, -0.25) is 43.2 Å². The van der Waals surface area contributed by atoms with Crippen molar-refractivity contribution < 1.29 is 107 Å². The molecule has 2 aliphatic heterocycles. The van der Waals surface area contributed by atoms with Gasteiger partial charge in [0.15, 0.2) is 23.0 Å². The molecule has 0 saturated carbocycles. The van der Waals surface area contributed by atoms with E-state index in [0.29, 0.717) is 0 Å². The smallest absolute Gasteiger partial charge is 0.548 e. The van der Waals surface area contributed by atoms with E-state index in [1.54, 1.807) is 13.8 Å². The van der Waals surface area contributed by atoms with Gasteiger partial charge in [0.1, 0.15) is 23.2 Å². The van der Waals surface area contributed by atoms with E-state index in [2.05, 4.69) is 16.0 Å². The zero-order valence-corrected chi connectivity index (χ0v) is 40.3. The van der Waals surface area contributed by atoms with Crippen LogP contribution in [0.4, 0.5) is 0 Å². The summed E-state index contributed by atoms with van der Waals surface area (Å²) in [5.41, 5.74) is -0.255. The molecule has 23 heteroatoms. The Kier molecular flexibility index (Phi) is 18.1. The third-order valence-electron chi connectivity index (χ3n) is 9.95. The largest absolute Gasteiger partial charge is 1.00 e. The third kappa shape index (κ3) is 13.1. The van der Waals surface area contributed by atoms with Gasteiger partial charge in [0.2, 0.25) is 17.7 Å². The summed E-state index contributed by atoms with van der Waals surface area (Å²) in [4.78, 5) is 131. The van der Waals surface area contributed by atoms with Crippen molar-refractivity contribution in [3.05, 3.63) is 77.4 Å². The van der Waals surface area contributed by atoms with E-state index in [9.17, 15) is 58.2 Å². The van der Waals surface area contributed by atoms with Crippen molar-refractivity contribution in [1.29, 1.82) is 0 Å². The van der Waals surface area contributed by atoms with Crippen LogP contribution in [0.2, 0.25) is 0 Å². The van der Waals surface area contributed by atoms with Gasteiger partial charge in [-0.2, -0.15) is 0 Å². The minimum absolute atomic E-state index is 0. The molecule has 0 aromatic heterocycles. The average Bonchev–Trinajstić information content (AvgIpc) is 3.49. The Labute approximate surface area is 409 Å². The Balaban J connectivity index is 0.00000980. The maximum atomic E-state index is 14.4. The molecule has 2 aliphatic rings. The number of nitrogens with zero attached hydrogens (tertiary/aromatic N) is 2. The number of para-hydroxylation sites is 2. The Morgan fingerprint density at radius 2 is 1.33 bits per heavy atom. The van der Waals surface area contributed by atoms with Crippen LogP contribution >= 0.6 is 11.8 Å². The number of hydrogen-bond donors (Lipinski definition) is 4. The molecule has 2 heterocycles. The summed E-state index contributed by atoms with van der Waals surface area (Å²) in [6.07, 6.45) is 0.286. The van der Waals surface area contributed by atoms with Crippen molar-refractivity contribution in [3.8, 4) is 28.7 Å². The third-order valence-corrected chi connectivity index (χ3v) is 11.5. The topological polar surface area (TPSA) is 293 Å². The number of phenols is 1. The summed E-state index contributed by atoms with van der Waals surface area (Å²) in [6, 6.07) is 9.23. The maximum Gasteiger partial charge on any atom is 1.00 e. The number of aliphatic carboxylic acids is 1. The molecule has 0 spiro atoms. The number of β-lactam (4-membered cyclic amide) rings is 1. The molecule has 0 unspecified atom stereocenters. The summed E-state index contributed by atoms with van der Waals surface area (Å²) < 4.78 is 19.8. The van der Waals surface area contributed by atoms with Gasteiger partial charge in [-0.1, -0.05) is 24.3 Å². The molecule has 350 valence electrons. The van der Waals surface area contributed by atoms with E-state index in [1.807, 2.05) is 0 Å². The van der Waals surface area contributed by atoms with Crippen molar-refractivity contribution in [2.24, 2.45) is 0 Å². The number of fused-ring (bicyclic) bond motifs is 1. The maximum absolute atomic E-state index is 14.4. The zero-order valence-electron chi connectivity index (χ0n) is 37.5.